The fourth-order valence-electron chi connectivity index (χ4n) is 1.85. The predicted molar refractivity (Wildman–Crippen MR) is 42.1 cm³/mol. The zero-order valence-corrected chi connectivity index (χ0v) is 6.47. The average molecular weight is 140 g/mol. The molecule has 1 unspecified atom stereocenters. The summed E-state index contributed by atoms with van der Waals surface area (Å²) in [6.07, 6.45) is 4.18. The summed E-state index contributed by atoms with van der Waals surface area (Å²) in [6, 6.07) is 0.889. The third kappa shape index (κ3) is 1.18. The molecule has 1 N–H and O–H groups in total. The molecule has 0 aromatic rings. The Morgan fingerprint density at radius 2 is 2.20 bits per heavy atom. The molecular weight excluding hydrogens is 124 g/mol. The van der Waals surface area contributed by atoms with Gasteiger partial charge in [0.2, 0.25) is 0 Å². The number of nitrogens with one attached hydrogen (secondary N) is 1. The summed E-state index contributed by atoms with van der Waals surface area (Å²) >= 11 is 0. The molecule has 58 valence electrons. The Balaban J connectivity index is 1.83. The monoisotopic (exact) mass is 140 g/mol. The van der Waals surface area contributed by atoms with E-state index < -0.39 is 0 Å². The summed E-state index contributed by atoms with van der Waals surface area (Å²) < 4.78 is 0. The van der Waals surface area contributed by atoms with Gasteiger partial charge in [0.1, 0.15) is 0 Å². The van der Waals surface area contributed by atoms with Crippen molar-refractivity contribution < 1.29 is 0 Å². The molecule has 10 heavy (non-hydrogen) atoms. The molecule has 0 radical (unpaired) electrons. The highest BCUT2D eigenvalue weighted by atomic mass is 15.2. The van der Waals surface area contributed by atoms with E-state index in [9.17, 15) is 0 Å². The van der Waals surface area contributed by atoms with Crippen LogP contribution in [0.25, 0.3) is 0 Å². The Kier molecular flexibility index (Phi) is 1.91. The van der Waals surface area contributed by atoms with Gasteiger partial charge >= 0.3 is 0 Å². The molecule has 2 nitrogen and oxygen atoms in total. The van der Waals surface area contributed by atoms with E-state index in [1.165, 1.54) is 45.4 Å². The number of nitrogens with zero attached hydrogens (tertiary/aromatic N) is 1. The molecule has 0 amide bonds. The van der Waals surface area contributed by atoms with Crippen molar-refractivity contribution in [1.82, 2.24) is 10.2 Å². The van der Waals surface area contributed by atoms with E-state index in [0.29, 0.717) is 0 Å². The maximum Gasteiger partial charge on any atom is 0.0232 e. The Bertz CT molecular complexity index is 99.8. The highest BCUT2D eigenvalue weighted by Crippen LogP contribution is 2.17. The highest BCUT2D eigenvalue weighted by Gasteiger charge is 2.27. The molecule has 0 bridgehead atoms. The minimum Gasteiger partial charge on any atom is -0.315 e. The summed E-state index contributed by atoms with van der Waals surface area (Å²) in [5.41, 5.74) is 0. The second-order valence-electron chi connectivity index (χ2n) is 3.39. The SMILES string of the molecule is C1CCN2CCC2CNC1. The molecule has 2 fully saturated rings. The smallest absolute Gasteiger partial charge is 0.0232 e. The minimum atomic E-state index is 0.889. The van der Waals surface area contributed by atoms with E-state index in [4.69, 9.17) is 0 Å². The normalized spacial score (nSPS) is 35.4. The van der Waals surface area contributed by atoms with Gasteiger partial charge < -0.3 is 5.32 Å². The lowest BCUT2D eigenvalue weighted by atomic mass is 10.0. The lowest BCUT2D eigenvalue weighted by molar-refractivity contribution is 0.0809. The minimum absolute atomic E-state index is 0.889. The summed E-state index contributed by atoms with van der Waals surface area (Å²) in [4.78, 5) is 2.60. The van der Waals surface area contributed by atoms with Gasteiger partial charge in [-0.1, -0.05) is 0 Å². The van der Waals surface area contributed by atoms with Crippen LogP contribution in [0, 0.1) is 0 Å². The molecule has 2 heteroatoms. The molecule has 2 rings (SSSR count). The van der Waals surface area contributed by atoms with Crippen molar-refractivity contribution >= 4 is 0 Å². The van der Waals surface area contributed by atoms with Crippen LogP contribution in [0.2, 0.25) is 0 Å². The lowest BCUT2D eigenvalue weighted by Gasteiger charge is -2.42. The molecule has 2 saturated heterocycles. The second-order valence-corrected chi connectivity index (χ2v) is 3.39. The third-order valence-corrected chi connectivity index (χ3v) is 2.69. The number of hydrogen-bond donors (Lipinski definition) is 1. The van der Waals surface area contributed by atoms with Gasteiger partial charge in [0.05, 0.1) is 0 Å². The van der Waals surface area contributed by atoms with E-state index in [-0.39, 0.29) is 0 Å². The summed E-state index contributed by atoms with van der Waals surface area (Å²) in [7, 11) is 0. The van der Waals surface area contributed by atoms with Gasteiger partial charge in [-0.05, 0) is 32.4 Å². The molecule has 2 aliphatic heterocycles. The van der Waals surface area contributed by atoms with E-state index in [1.54, 1.807) is 0 Å². The Labute approximate surface area is 62.6 Å². The maximum atomic E-state index is 3.48. The van der Waals surface area contributed by atoms with Crippen molar-refractivity contribution in [2.45, 2.75) is 25.3 Å². The molecule has 0 spiro atoms. The Morgan fingerprint density at radius 3 is 3.00 bits per heavy atom. The van der Waals surface area contributed by atoms with E-state index in [0.717, 1.165) is 6.04 Å². The maximum absolute atomic E-state index is 3.48. The van der Waals surface area contributed by atoms with Crippen molar-refractivity contribution in [3.8, 4) is 0 Å². The van der Waals surface area contributed by atoms with Crippen molar-refractivity contribution in [2.24, 2.45) is 0 Å². The van der Waals surface area contributed by atoms with Crippen LogP contribution in [-0.2, 0) is 0 Å². The highest BCUT2D eigenvalue weighted by molar-refractivity contribution is 4.85. The van der Waals surface area contributed by atoms with E-state index >= 15 is 0 Å². The molecular formula is C8H16N2. The van der Waals surface area contributed by atoms with Gasteiger partial charge in [-0.25, -0.2) is 0 Å². The van der Waals surface area contributed by atoms with Gasteiger partial charge in [0.25, 0.3) is 0 Å². The van der Waals surface area contributed by atoms with Gasteiger partial charge in [0.15, 0.2) is 0 Å². The van der Waals surface area contributed by atoms with E-state index in [2.05, 4.69) is 10.2 Å². The molecule has 0 aromatic carbocycles. The van der Waals surface area contributed by atoms with Crippen LogP contribution in [0.5, 0.6) is 0 Å². The van der Waals surface area contributed by atoms with Gasteiger partial charge in [0, 0.05) is 19.1 Å². The van der Waals surface area contributed by atoms with Crippen LogP contribution < -0.4 is 5.32 Å². The van der Waals surface area contributed by atoms with Crippen LogP contribution in [0.1, 0.15) is 19.3 Å². The lowest BCUT2D eigenvalue weighted by Crippen LogP contribution is -2.54. The summed E-state index contributed by atoms with van der Waals surface area (Å²) in [5, 5.41) is 3.48. The summed E-state index contributed by atoms with van der Waals surface area (Å²) in [6.45, 7) is 5.18. The van der Waals surface area contributed by atoms with Gasteiger partial charge in [-0.15, -0.1) is 0 Å². The van der Waals surface area contributed by atoms with Crippen LogP contribution >= 0.6 is 0 Å². The van der Waals surface area contributed by atoms with Gasteiger partial charge in [-0.2, -0.15) is 0 Å². The second kappa shape index (κ2) is 2.89. The first kappa shape index (κ1) is 6.62. The topological polar surface area (TPSA) is 15.3 Å². The number of hydrogen-bond acceptors (Lipinski definition) is 2. The predicted octanol–water partition coefficient (Wildman–Crippen LogP) is 0.444. The van der Waals surface area contributed by atoms with Crippen LogP contribution in [0.3, 0.4) is 0 Å². The molecule has 2 aliphatic rings. The molecule has 0 saturated carbocycles. The number of rotatable bonds is 0. The van der Waals surface area contributed by atoms with Crippen molar-refractivity contribution in [3.05, 3.63) is 0 Å². The van der Waals surface area contributed by atoms with Crippen LogP contribution in [-0.4, -0.2) is 37.1 Å². The zero-order chi connectivity index (χ0) is 6.81. The fourth-order valence-corrected chi connectivity index (χ4v) is 1.85. The summed E-state index contributed by atoms with van der Waals surface area (Å²) in [5.74, 6) is 0. The first-order valence-electron chi connectivity index (χ1n) is 4.41. The van der Waals surface area contributed by atoms with Crippen LogP contribution in [0.15, 0.2) is 0 Å². The van der Waals surface area contributed by atoms with Crippen LogP contribution in [0.4, 0.5) is 0 Å². The first-order chi connectivity index (χ1) is 4.97. The molecule has 0 aliphatic carbocycles. The largest absolute Gasteiger partial charge is 0.315 e. The standard InChI is InChI=1S/C8H16N2/c1-2-5-10-6-3-8(10)7-9-4-1/h8-9H,1-7H2. The first-order valence-corrected chi connectivity index (χ1v) is 4.41. The Hall–Kier alpha value is -0.0800. The average Bonchev–Trinajstić information content (AvgIpc) is 1.89. The molecule has 1 atom stereocenters. The van der Waals surface area contributed by atoms with Crippen molar-refractivity contribution in [3.63, 3.8) is 0 Å². The molecule has 0 aromatic heterocycles. The molecule has 2 heterocycles. The fraction of sp³-hybridized carbons (Fsp3) is 1.00. The third-order valence-electron chi connectivity index (χ3n) is 2.69. The zero-order valence-electron chi connectivity index (χ0n) is 6.47. The van der Waals surface area contributed by atoms with E-state index in [1.807, 2.05) is 0 Å². The number of fused-ring (bicyclic) bond motifs is 1. The Morgan fingerprint density at radius 1 is 1.20 bits per heavy atom. The quantitative estimate of drug-likeness (QED) is 0.525. The van der Waals surface area contributed by atoms with Crippen molar-refractivity contribution in [2.75, 3.05) is 26.2 Å². The van der Waals surface area contributed by atoms with Crippen molar-refractivity contribution in [1.29, 1.82) is 0 Å². The van der Waals surface area contributed by atoms with Gasteiger partial charge in [-0.3, -0.25) is 4.90 Å².